The van der Waals surface area contributed by atoms with Gasteiger partial charge >= 0.3 is 5.97 Å². The Hall–Kier alpha value is -2.95. The SMILES string of the molecule is Cc1ccccc1/C=C/C(=O)O[C@H](C)C(=O)Nc1ccc(F)cc1. The van der Waals surface area contributed by atoms with Gasteiger partial charge in [-0.1, -0.05) is 24.3 Å². The first-order valence-corrected chi connectivity index (χ1v) is 7.46. The first kappa shape index (κ1) is 17.4. The molecular weight excluding hydrogens is 309 g/mol. The van der Waals surface area contributed by atoms with E-state index in [9.17, 15) is 14.0 Å². The van der Waals surface area contributed by atoms with E-state index in [1.165, 1.54) is 37.3 Å². The Labute approximate surface area is 140 Å². The van der Waals surface area contributed by atoms with E-state index in [0.717, 1.165) is 11.1 Å². The van der Waals surface area contributed by atoms with E-state index in [2.05, 4.69) is 5.32 Å². The molecule has 2 aromatic rings. The van der Waals surface area contributed by atoms with Gasteiger partial charge in [-0.05, 0) is 55.3 Å². The molecule has 24 heavy (non-hydrogen) atoms. The molecular formula is C19H18FNO3. The average molecular weight is 327 g/mol. The fourth-order valence-electron chi connectivity index (χ4n) is 1.98. The molecule has 0 spiro atoms. The highest BCUT2D eigenvalue weighted by Gasteiger charge is 2.16. The third-order valence-electron chi connectivity index (χ3n) is 3.36. The number of hydrogen-bond donors (Lipinski definition) is 1. The van der Waals surface area contributed by atoms with Crippen molar-refractivity contribution in [3.63, 3.8) is 0 Å². The summed E-state index contributed by atoms with van der Waals surface area (Å²) >= 11 is 0. The molecule has 0 aromatic heterocycles. The predicted octanol–water partition coefficient (Wildman–Crippen LogP) is 3.72. The van der Waals surface area contributed by atoms with E-state index in [0.29, 0.717) is 5.69 Å². The first-order valence-electron chi connectivity index (χ1n) is 7.46. The predicted molar refractivity (Wildman–Crippen MR) is 90.8 cm³/mol. The summed E-state index contributed by atoms with van der Waals surface area (Å²) in [7, 11) is 0. The maximum absolute atomic E-state index is 12.8. The molecule has 1 N–H and O–H groups in total. The highest BCUT2D eigenvalue weighted by atomic mass is 19.1. The number of carbonyl (C=O) groups excluding carboxylic acids is 2. The number of halogens is 1. The monoisotopic (exact) mass is 327 g/mol. The zero-order chi connectivity index (χ0) is 17.5. The zero-order valence-corrected chi connectivity index (χ0v) is 13.5. The van der Waals surface area contributed by atoms with Gasteiger partial charge < -0.3 is 10.1 Å². The lowest BCUT2D eigenvalue weighted by atomic mass is 10.1. The van der Waals surface area contributed by atoms with Crippen molar-refractivity contribution in [1.82, 2.24) is 0 Å². The minimum atomic E-state index is -0.968. The van der Waals surface area contributed by atoms with Crippen molar-refractivity contribution in [3.05, 3.63) is 71.6 Å². The van der Waals surface area contributed by atoms with Gasteiger partial charge in [-0.25, -0.2) is 9.18 Å². The number of nitrogens with one attached hydrogen (secondary N) is 1. The summed E-state index contributed by atoms with van der Waals surface area (Å²) in [6.45, 7) is 3.40. The minimum Gasteiger partial charge on any atom is -0.449 e. The molecule has 0 bridgehead atoms. The molecule has 0 aliphatic carbocycles. The Kier molecular flexibility index (Phi) is 5.84. The molecule has 4 nitrogen and oxygen atoms in total. The summed E-state index contributed by atoms with van der Waals surface area (Å²) in [6, 6.07) is 12.9. The fourth-order valence-corrected chi connectivity index (χ4v) is 1.98. The second-order valence-corrected chi connectivity index (χ2v) is 5.27. The van der Waals surface area contributed by atoms with Gasteiger partial charge in [0.2, 0.25) is 0 Å². The van der Waals surface area contributed by atoms with Crippen LogP contribution >= 0.6 is 0 Å². The van der Waals surface area contributed by atoms with Gasteiger partial charge in [0, 0.05) is 11.8 Å². The number of rotatable bonds is 5. The molecule has 0 radical (unpaired) electrons. The highest BCUT2D eigenvalue weighted by molar-refractivity contribution is 5.96. The molecule has 124 valence electrons. The van der Waals surface area contributed by atoms with Crippen LogP contribution in [0.1, 0.15) is 18.1 Å². The number of benzene rings is 2. The third-order valence-corrected chi connectivity index (χ3v) is 3.36. The number of hydrogen-bond acceptors (Lipinski definition) is 3. The van der Waals surface area contributed by atoms with E-state index in [-0.39, 0.29) is 0 Å². The number of amides is 1. The van der Waals surface area contributed by atoms with Crippen LogP contribution in [-0.2, 0) is 14.3 Å². The Bertz CT molecular complexity index is 753. The fraction of sp³-hybridized carbons (Fsp3) is 0.158. The Morgan fingerprint density at radius 2 is 1.79 bits per heavy atom. The van der Waals surface area contributed by atoms with Crippen LogP contribution in [-0.4, -0.2) is 18.0 Å². The number of aryl methyl sites for hydroxylation is 1. The van der Waals surface area contributed by atoms with Crippen molar-refractivity contribution < 1.29 is 18.7 Å². The summed E-state index contributed by atoms with van der Waals surface area (Å²) < 4.78 is 17.9. The van der Waals surface area contributed by atoms with Gasteiger partial charge in [0.25, 0.3) is 5.91 Å². The summed E-state index contributed by atoms with van der Waals surface area (Å²) in [5.74, 6) is -1.49. The number of esters is 1. The maximum atomic E-state index is 12.8. The summed E-state index contributed by atoms with van der Waals surface area (Å²) in [4.78, 5) is 23.8. The van der Waals surface area contributed by atoms with Crippen LogP contribution in [0.5, 0.6) is 0 Å². The highest BCUT2D eigenvalue weighted by Crippen LogP contribution is 2.11. The van der Waals surface area contributed by atoms with Gasteiger partial charge in [0.05, 0.1) is 0 Å². The quantitative estimate of drug-likeness (QED) is 0.673. The molecule has 0 unspecified atom stereocenters. The lowest BCUT2D eigenvalue weighted by Crippen LogP contribution is -2.29. The summed E-state index contributed by atoms with van der Waals surface area (Å²) in [5.41, 5.74) is 2.36. The van der Waals surface area contributed by atoms with Crippen LogP contribution < -0.4 is 5.32 Å². The molecule has 0 aliphatic rings. The maximum Gasteiger partial charge on any atom is 0.331 e. The minimum absolute atomic E-state index is 0.395. The molecule has 1 amide bonds. The molecule has 5 heteroatoms. The molecule has 0 aliphatic heterocycles. The summed E-state index contributed by atoms with van der Waals surface area (Å²) in [5, 5.41) is 2.55. The second-order valence-electron chi connectivity index (χ2n) is 5.27. The molecule has 2 rings (SSSR count). The van der Waals surface area contributed by atoms with Crippen LogP contribution in [0.3, 0.4) is 0 Å². The topological polar surface area (TPSA) is 55.4 Å². The molecule has 0 heterocycles. The zero-order valence-electron chi connectivity index (χ0n) is 13.5. The number of carbonyl (C=O) groups is 2. The Balaban J connectivity index is 1.90. The molecule has 1 atom stereocenters. The van der Waals surface area contributed by atoms with Crippen molar-refractivity contribution in [1.29, 1.82) is 0 Å². The number of anilines is 1. The standard InChI is InChI=1S/C19H18FNO3/c1-13-5-3-4-6-15(13)7-12-18(22)24-14(2)19(23)21-17-10-8-16(20)9-11-17/h3-12,14H,1-2H3,(H,21,23)/b12-7+/t14-/m1/s1. The van der Waals surface area contributed by atoms with Gasteiger partial charge in [0.15, 0.2) is 6.10 Å². The van der Waals surface area contributed by atoms with E-state index in [4.69, 9.17) is 4.74 Å². The van der Waals surface area contributed by atoms with E-state index in [1.54, 1.807) is 6.08 Å². The average Bonchev–Trinajstić information content (AvgIpc) is 2.56. The normalized spacial score (nSPS) is 12.0. The Morgan fingerprint density at radius 3 is 2.46 bits per heavy atom. The van der Waals surface area contributed by atoms with Crippen LogP contribution in [0.15, 0.2) is 54.6 Å². The smallest absolute Gasteiger partial charge is 0.331 e. The Morgan fingerprint density at radius 1 is 1.12 bits per heavy atom. The third kappa shape index (κ3) is 5.05. The first-order chi connectivity index (χ1) is 11.5. The van der Waals surface area contributed by atoms with E-state index >= 15 is 0 Å². The van der Waals surface area contributed by atoms with Crippen molar-refractivity contribution in [2.75, 3.05) is 5.32 Å². The molecule has 0 saturated carbocycles. The molecule has 0 fully saturated rings. The second kappa shape index (κ2) is 8.06. The van der Waals surface area contributed by atoms with Crippen molar-refractivity contribution >= 4 is 23.6 Å². The van der Waals surface area contributed by atoms with Crippen molar-refractivity contribution in [2.24, 2.45) is 0 Å². The summed E-state index contributed by atoms with van der Waals surface area (Å²) in [6.07, 6.45) is 1.95. The van der Waals surface area contributed by atoms with Crippen LogP contribution in [0, 0.1) is 12.7 Å². The lowest BCUT2D eigenvalue weighted by molar-refractivity contribution is -0.148. The van der Waals surface area contributed by atoms with Gasteiger partial charge in [0.1, 0.15) is 5.82 Å². The van der Waals surface area contributed by atoms with E-state index < -0.39 is 23.8 Å². The molecule has 2 aromatic carbocycles. The van der Waals surface area contributed by atoms with Crippen LogP contribution in [0.4, 0.5) is 10.1 Å². The van der Waals surface area contributed by atoms with Gasteiger partial charge in [-0.15, -0.1) is 0 Å². The van der Waals surface area contributed by atoms with Crippen molar-refractivity contribution in [3.8, 4) is 0 Å². The van der Waals surface area contributed by atoms with Crippen LogP contribution in [0.25, 0.3) is 6.08 Å². The lowest BCUT2D eigenvalue weighted by Gasteiger charge is -2.12. The number of ether oxygens (including phenoxy) is 1. The van der Waals surface area contributed by atoms with Gasteiger partial charge in [-0.3, -0.25) is 4.79 Å². The largest absolute Gasteiger partial charge is 0.449 e. The molecule has 0 saturated heterocycles. The van der Waals surface area contributed by atoms with E-state index in [1.807, 2.05) is 31.2 Å². The van der Waals surface area contributed by atoms with Crippen LogP contribution in [0.2, 0.25) is 0 Å². The van der Waals surface area contributed by atoms with Gasteiger partial charge in [-0.2, -0.15) is 0 Å². The van der Waals surface area contributed by atoms with Crippen molar-refractivity contribution in [2.45, 2.75) is 20.0 Å².